The van der Waals surface area contributed by atoms with E-state index in [1.807, 2.05) is 6.07 Å². The van der Waals surface area contributed by atoms with Gasteiger partial charge in [-0.3, -0.25) is 9.59 Å². The molecule has 3 N–H and O–H groups in total. The van der Waals surface area contributed by atoms with Crippen LogP contribution in [0.5, 0.6) is 5.75 Å². The van der Waals surface area contributed by atoms with Gasteiger partial charge in [-0.15, -0.1) is 11.6 Å². The molecule has 3 aromatic rings. The molecule has 9 nitrogen and oxygen atoms in total. The highest BCUT2D eigenvalue weighted by atomic mass is 35.5. The van der Waals surface area contributed by atoms with Crippen molar-refractivity contribution in [3.63, 3.8) is 0 Å². The molecule has 200 valence electrons. The van der Waals surface area contributed by atoms with Crippen LogP contribution < -0.4 is 11.3 Å². The number of nitrogens with two attached hydrogens (primary N) is 1. The molecule has 2 aromatic heterocycles. The van der Waals surface area contributed by atoms with Gasteiger partial charge in [-0.2, -0.15) is 0 Å². The van der Waals surface area contributed by atoms with Gasteiger partial charge in [0.2, 0.25) is 5.60 Å². The minimum atomic E-state index is -2.38. The maximum Gasteiger partial charge on any atom is 0.355 e. The summed E-state index contributed by atoms with van der Waals surface area (Å²) in [5.74, 6) is -0.879. The number of hydrogen-bond donors (Lipinski definition) is 2. The Balaban J connectivity index is 1.78. The van der Waals surface area contributed by atoms with E-state index in [9.17, 15) is 19.5 Å². The van der Waals surface area contributed by atoms with Gasteiger partial charge in [0.05, 0.1) is 35.6 Å². The molecule has 0 saturated carbocycles. The van der Waals surface area contributed by atoms with Crippen LogP contribution in [0.2, 0.25) is 19.1 Å². The minimum Gasteiger partial charge on any atom is -0.508 e. The Morgan fingerprint density at radius 2 is 2.08 bits per heavy atom. The van der Waals surface area contributed by atoms with Crippen molar-refractivity contribution in [3.05, 3.63) is 57.4 Å². The van der Waals surface area contributed by atoms with Crippen molar-refractivity contribution in [2.24, 2.45) is 5.73 Å². The summed E-state index contributed by atoms with van der Waals surface area (Å²) >= 11 is 5.99. The fourth-order valence-electron chi connectivity index (χ4n) is 5.64. The first kappa shape index (κ1) is 26.4. The van der Waals surface area contributed by atoms with Crippen molar-refractivity contribution >= 4 is 42.5 Å². The van der Waals surface area contributed by atoms with Gasteiger partial charge in [0.15, 0.2) is 0 Å². The summed E-state index contributed by atoms with van der Waals surface area (Å²) in [6.45, 7) is 5.71. The van der Waals surface area contributed by atoms with Crippen molar-refractivity contribution in [2.75, 3.05) is 12.4 Å². The maximum atomic E-state index is 14.3. The zero-order valence-electron chi connectivity index (χ0n) is 21.5. The number of benzene rings is 1. The molecule has 0 fully saturated rings. The van der Waals surface area contributed by atoms with E-state index < -0.39 is 37.9 Å². The number of carbonyl (C=O) groups is 2. The number of phenols is 1. The largest absolute Gasteiger partial charge is 0.508 e. The molecule has 0 amide bonds. The number of hydrogen-bond acceptors (Lipinski definition) is 8. The quantitative estimate of drug-likeness (QED) is 0.200. The molecule has 2 aliphatic rings. The van der Waals surface area contributed by atoms with Gasteiger partial charge in [0.1, 0.15) is 19.6 Å². The Morgan fingerprint density at radius 1 is 1.32 bits per heavy atom. The summed E-state index contributed by atoms with van der Waals surface area (Å²) in [4.78, 5) is 45.1. The first-order valence-corrected chi connectivity index (χ1v) is 16.5. The van der Waals surface area contributed by atoms with Crippen LogP contribution in [-0.2, 0) is 31.2 Å². The van der Waals surface area contributed by atoms with Crippen LogP contribution in [0.3, 0.4) is 0 Å². The Kier molecular flexibility index (Phi) is 6.61. The zero-order valence-corrected chi connectivity index (χ0v) is 23.3. The molecular weight excluding hydrogens is 526 g/mol. The van der Waals surface area contributed by atoms with E-state index in [0.29, 0.717) is 33.9 Å². The standard InChI is InChI=1S/C27H30ClN3O6Si/c1-4-27(37-21(33)13-29)18-12-20-23-16(10-15-11-17(32)6-7-19(15)30-23)14-31(20)24(34)22(18)25(36-26(27)35)38(2,3)9-5-8-28/h6-7,10-12,25,32H,4-5,8-9,13-14,29H2,1-3H3. The number of esters is 2. The van der Waals surface area contributed by atoms with E-state index in [1.54, 1.807) is 35.8 Å². The van der Waals surface area contributed by atoms with Crippen LogP contribution in [0.4, 0.5) is 0 Å². The van der Waals surface area contributed by atoms with Crippen molar-refractivity contribution in [1.82, 2.24) is 9.55 Å². The highest BCUT2D eigenvalue weighted by Crippen LogP contribution is 2.47. The molecule has 2 aliphatic heterocycles. The lowest BCUT2D eigenvalue weighted by Crippen LogP contribution is -2.54. The van der Waals surface area contributed by atoms with Gasteiger partial charge in [0.25, 0.3) is 5.56 Å². The van der Waals surface area contributed by atoms with Gasteiger partial charge < -0.3 is 24.9 Å². The number of ether oxygens (including phenoxy) is 2. The predicted molar refractivity (Wildman–Crippen MR) is 146 cm³/mol. The molecule has 5 rings (SSSR count). The topological polar surface area (TPSA) is 134 Å². The fourth-order valence-corrected chi connectivity index (χ4v) is 8.83. The second kappa shape index (κ2) is 9.51. The molecule has 0 aliphatic carbocycles. The lowest BCUT2D eigenvalue weighted by molar-refractivity contribution is -0.189. The third kappa shape index (κ3) is 4.02. The van der Waals surface area contributed by atoms with Crippen molar-refractivity contribution in [3.8, 4) is 17.1 Å². The van der Waals surface area contributed by atoms with E-state index in [2.05, 4.69) is 13.1 Å². The lowest BCUT2D eigenvalue weighted by Gasteiger charge is -2.43. The highest BCUT2D eigenvalue weighted by molar-refractivity contribution is 6.78. The number of alkyl halides is 1. The van der Waals surface area contributed by atoms with Crippen molar-refractivity contribution in [1.29, 1.82) is 0 Å². The van der Waals surface area contributed by atoms with Crippen LogP contribution in [-0.4, -0.2) is 47.1 Å². The summed E-state index contributed by atoms with van der Waals surface area (Å²) < 4.78 is 13.4. The van der Waals surface area contributed by atoms with Crippen LogP contribution in [0.15, 0.2) is 35.1 Å². The molecule has 2 unspecified atom stereocenters. The van der Waals surface area contributed by atoms with E-state index in [1.165, 1.54) is 0 Å². The Bertz CT molecular complexity index is 1540. The Morgan fingerprint density at radius 3 is 2.76 bits per heavy atom. The molecular formula is C27H30ClN3O6Si. The second-order valence-electron chi connectivity index (χ2n) is 10.5. The number of phenolic OH excluding ortho intramolecular Hbond substituents is 1. The lowest BCUT2D eigenvalue weighted by atomic mass is 9.85. The normalized spacial score (nSPS) is 20.0. The van der Waals surface area contributed by atoms with Gasteiger partial charge in [-0.05, 0) is 43.2 Å². The minimum absolute atomic E-state index is 0.0706. The maximum absolute atomic E-state index is 14.3. The van der Waals surface area contributed by atoms with Crippen LogP contribution in [0, 0.1) is 0 Å². The van der Waals surface area contributed by atoms with Gasteiger partial charge in [0, 0.05) is 22.4 Å². The molecule has 1 aromatic carbocycles. The smallest absolute Gasteiger partial charge is 0.355 e. The average Bonchev–Trinajstić information content (AvgIpc) is 3.25. The Hall–Kier alpha value is -3.21. The highest BCUT2D eigenvalue weighted by Gasteiger charge is 2.56. The van der Waals surface area contributed by atoms with Crippen LogP contribution in [0.1, 0.15) is 42.2 Å². The summed E-state index contributed by atoms with van der Waals surface area (Å²) in [6.07, 6.45) is 0.799. The molecule has 4 heterocycles. The number of aromatic nitrogens is 2. The molecule has 0 spiro atoms. The van der Waals surface area contributed by atoms with Gasteiger partial charge >= 0.3 is 11.9 Å². The third-order valence-corrected chi connectivity index (χ3v) is 11.4. The van der Waals surface area contributed by atoms with E-state index in [4.69, 9.17) is 31.8 Å². The number of cyclic esters (lactones) is 1. The summed E-state index contributed by atoms with van der Waals surface area (Å²) in [5, 5.41) is 10.7. The average molecular weight is 556 g/mol. The monoisotopic (exact) mass is 555 g/mol. The van der Waals surface area contributed by atoms with Crippen LogP contribution in [0.25, 0.3) is 22.3 Å². The van der Waals surface area contributed by atoms with Crippen LogP contribution >= 0.6 is 11.6 Å². The van der Waals surface area contributed by atoms with E-state index >= 15 is 0 Å². The summed E-state index contributed by atoms with van der Waals surface area (Å²) in [5.41, 5.74) is 6.01. The van der Waals surface area contributed by atoms with E-state index in [0.717, 1.165) is 23.4 Å². The first-order chi connectivity index (χ1) is 18.1. The second-order valence-corrected chi connectivity index (χ2v) is 15.9. The van der Waals surface area contributed by atoms with E-state index in [-0.39, 0.29) is 24.3 Å². The fraction of sp³-hybridized carbons (Fsp3) is 0.407. The first-order valence-electron chi connectivity index (χ1n) is 12.7. The third-order valence-electron chi connectivity index (χ3n) is 7.65. The zero-order chi connectivity index (χ0) is 27.4. The number of rotatable bonds is 7. The van der Waals surface area contributed by atoms with Crippen molar-refractivity contribution < 1.29 is 24.2 Å². The molecule has 38 heavy (non-hydrogen) atoms. The molecule has 11 heteroatoms. The SMILES string of the molecule is CCC1(OC(=O)CN)C(=O)OC([Si](C)(C)CCCCl)c2c1cc1n(c2=O)Cc2cc3cc(O)ccc3nc2-1. The van der Waals surface area contributed by atoms with Crippen molar-refractivity contribution in [2.45, 2.75) is 56.8 Å². The Labute approximate surface area is 225 Å². The predicted octanol–water partition coefficient (Wildman–Crippen LogP) is 3.71. The molecule has 0 saturated heterocycles. The molecule has 0 radical (unpaired) electrons. The number of aromatic hydroxyl groups is 1. The number of carbonyl (C=O) groups excluding carboxylic acids is 2. The summed E-state index contributed by atoms with van der Waals surface area (Å²) in [7, 11) is -2.38. The summed E-state index contributed by atoms with van der Waals surface area (Å²) in [6, 6.07) is 9.30. The number of halogens is 1. The number of fused-ring (bicyclic) bond motifs is 5. The molecule has 0 bridgehead atoms. The number of pyridine rings is 2. The number of nitrogens with zero attached hydrogens (tertiary/aromatic N) is 2. The van der Waals surface area contributed by atoms with Gasteiger partial charge in [-0.25, -0.2) is 9.78 Å². The van der Waals surface area contributed by atoms with Gasteiger partial charge in [-0.1, -0.05) is 26.1 Å². The molecule has 2 atom stereocenters.